The van der Waals surface area contributed by atoms with E-state index in [9.17, 15) is 4.79 Å². The maximum atomic E-state index is 12.7. The van der Waals surface area contributed by atoms with Crippen LogP contribution in [0.3, 0.4) is 0 Å². The molecule has 0 N–H and O–H groups in total. The summed E-state index contributed by atoms with van der Waals surface area (Å²) >= 11 is 19.0. The van der Waals surface area contributed by atoms with Crippen LogP contribution in [0.1, 0.15) is 90.9 Å². The molecule has 0 radical (unpaired) electrons. The number of rotatable bonds is 14. The second-order valence-corrected chi connectivity index (χ2v) is 9.32. The number of likely N-dealkylation sites (tertiary alicyclic amines) is 1. The molecule has 148 valence electrons. The van der Waals surface area contributed by atoms with Gasteiger partial charge in [-0.15, -0.1) is 34.8 Å². The number of nitrogens with zero attached hydrogens (tertiary/aromatic N) is 1. The first-order chi connectivity index (χ1) is 12.0. The molecule has 1 rings (SSSR count). The first-order valence-corrected chi connectivity index (χ1v) is 11.5. The van der Waals surface area contributed by atoms with Crippen LogP contribution in [0.2, 0.25) is 0 Å². The van der Waals surface area contributed by atoms with Crippen LogP contribution < -0.4 is 0 Å². The van der Waals surface area contributed by atoms with Gasteiger partial charge in [0.05, 0.1) is 0 Å². The summed E-state index contributed by atoms with van der Waals surface area (Å²) in [5.74, 6) is -0.140. The van der Waals surface area contributed by atoms with Crippen molar-refractivity contribution in [3.63, 3.8) is 0 Å². The van der Waals surface area contributed by atoms with E-state index >= 15 is 0 Å². The van der Waals surface area contributed by atoms with Gasteiger partial charge in [0.2, 0.25) is 5.91 Å². The SMILES string of the molecule is CCCCCCCCCCCC[C@@]1(Cl)C(=O)N(CCC)C[C@@H]1C(Cl)Cl. The highest BCUT2D eigenvalue weighted by molar-refractivity contribution is 6.46. The van der Waals surface area contributed by atoms with Crippen molar-refractivity contribution in [3.8, 4) is 0 Å². The molecule has 0 aliphatic carbocycles. The third-order valence-corrected chi connectivity index (χ3v) is 6.58. The highest BCUT2D eigenvalue weighted by Gasteiger charge is 2.54. The molecule has 2 atom stereocenters. The number of hydrogen-bond donors (Lipinski definition) is 0. The molecule has 1 amide bonds. The Morgan fingerprint density at radius 3 is 1.96 bits per heavy atom. The van der Waals surface area contributed by atoms with Gasteiger partial charge >= 0.3 is 0 Å². The van der Waals surface area contributed by atoms with Gasteiger partial charge in [-0.25, -0.2) is 0 Å². The Balaban J connectivity index is 2.28. The predicted molar refractivity (Wildman–Crippen MR) is 111 cm³/mol. The quantitative estimate of drug-likeness (QED) is 0.223. The van der Waals surface area contributed by atoms with Gasteiger partial charge in [0.1, 0.15) is 9.71 Å². The van der Waals surface area contributed by atoms with Gasteiger partial charge in [0.25, 0.3) is 0 Å². The van der Waals surface area contributed by atoms with Crippen molar-refractivity contribution in [3.05, 3.63) is 0 Å². The smallest absolute Gasteiger partial charge is 0.244 e. The third-order valence-electron chi connectivity index (χ3n) is 5.34. The number of hydrogen-bond acceptors (Lipinski definition) is 1. The van der Waals surface area contributed by atoms with Gasteiger partial charge in [0.15, 0.2) is 0 Å². The molecular weight excluding hydrogens is 377 g/mol. The van der Waals surface area contributed by atoms with E-state index in [4.69, 9.17) is 34.8 Å². The largest absolute Gasteiger partial charge is 0.341 e. The van der Waals surface area contributed by atoms with E-state index in [1.807, 2.05) is 4.90 Å². The number of unbranched alkanes of at least 4 members (excludes halogenated alkanes) is 9. The highest BCUT2D eigenvalue weighted by atomic mass is 35.5. The zero-order valence-corrected chi connectivity index (χ0v) is 18.3. The molecule has 1 fully saturated rings. The molecule has 0 saturated carbocycles. The average Bonchev–Trinajstić information content (AvgIpc) is 2.82. The summed E-state index contributed by atoms with van der Waals surface area (Å²) in [5, 5.41) is 0. The fraction of sp³-hybridized carbons (Fsp3) is 0.950. The minimum absolute atomic E-state index is 0.0308. The Kier molecular flexibility index (Phi) is 11.9. The Labute approximate surface area is 169 Å². The lowest BCUT2D eigenvalue weighted by molar-refractivity contribution is -0.130. The maximum absolute atomic E-state index is 12.7. The van der Waals surface area contributed by atoms with Crippen LogP contribution in [0.5, 0.6) is 0 Å². The van der Waals surface area contributed by atoms with E-state index in [1.165, 1.54) is 51.4 Å². The molecule has 1 heterocycles. The number of carbonyl (C=O) groups excluding carboxylic acids is 1. The zero-order chi connectivity index (χ0) is 18.7. The summed E-state index contributed by atoms with van der Waals surface area (Å²) in [6.45, 7) is 5.65. The summed E-state index contributed by atoms with van der Waals surface area (Å²) in [6.07, 6.45) is 14.3. The Bertz CT molecular complexity index is 378. The minimum atomic E-state index is -0.899. The van der Waals surface area contributed by atoms with Gasteiger partial charge in [-0.3, -0.25) is 4.79 Å². The molecule has 5 heteroatoms. The molecule has 0 unspecified atom stereocenters. The first kappa shape index (κ1) is 23.4. The second kappa shape index (κ2) is 12.7. The molecule has 25 heavy (non-hydrogen) atoms. The van der Waals surface area contributed by atoms with Crippen LogP contribution >= 0.6 is 34.8 Å². The molecule has 1 saturated heterocycles. The van der Waals surface area contributed by atoms with Crippen LogP contribution in [0, 0.1) is 5.92 Å². The Hall–Kier alpha value is 0.340. The lowest BCUT2D eigenvalue weighted by atomic mass is 9.90. The number of halogens is 3. The lowest BCUT2D eigenvalue weighted by Crippen LogP contribution is -2.40. The van der Waals surface area contributed by atoms with Crippen molar-refractivity contribution >= 4 is 40.7 Å². The molecule has 0 spiro atoms. The van der Waals surface area contributed by atoms with Gasteiger partial charge in [-0.2, -0.15) is 0 Å². The predicted octanol–water partition coefficient (Wildman–Crippen LogP) is 6.95. The minimum Gasteiger partial charge on any atom is -0.341 e. The van der Waals surface area contributed by atoms with E-state index in [0.717, 1.165) is 25.8 Å². The van der Waals surface area contributed by atoms with Crippen molar-refractivity contribution in [2.45, 2.75) is 101 Å². The summed E-state index contributed by atoms with van der Waals surface area (Å²) < 4.78 is 0. The second-order valence-electron chi connectivity index (χ2n) is 7.49. The molecular formula is C20H36Cl3NO. The van der Waals surface area contributed by atoms with E-state index in [1.54, 1.807) is 0 Å². The number of alkyl halides is 3. The third kappa shape index (κ3) is 7.46. The molecule has 0 aromatic rings. The molecule has 0 aromatic heterocycles. The maximum Gasteiger partial charge on any atom is 0.244 e. The summed E-state index contributed by atoms with van der Waals surface area (Å²) in [4.78, 5) is 13.0. The monoisotopic (exact) mass is 411 g/mol. The van der Waals surface area contributed by atoms with Crippen LogP contribution in [0.15, 0.2) is 0 Å². The number of amides is 1. The van der Waals surface area contributed by atoms with E-state index in [2.05, 4.69) is 13.8 Å². The van der Waals surface area contributed by atoms with Crippen molar-refractivity contribution in [1.82, 2.24) is 4.90 Å². The van der Waals surface area contributed by atoms with Crippen LogP contribution in [-0.2, 0) is 4.79 Å². The Morgan fingerprint density at radius 1 is 0.960 bits per heavy atom. The summed E-state index contributed by atoms with van der Waals surface area (Å²) in [5.41, 5.74) is 0. The topological polar surface area (TPSA) is 20.3 Å². The van der Waals surface area contributed by atoms with Crippen molar-refractivity contribution in [1.29, 1.82) is 0 Å². The van der Waals surface area contributed by atoms with Gasteiger partial charge in [-0.05, 0) is 12.8 Å². The van der Waals surface area contributed by atoms with Crippen molar-refractivity contribution in [2.75, 3.05) is 13.1 Å². The molecule has 1 aliphatic rings. The zero-order valence-electron chi connectivity index (χ0n) is 16.0. The lowest BCUT2D eigenvalue weighted by Gasteiger charge is -2.26. The Morgan fingerprint density at radius 2 is 1.48 bits per heavy atom. The molecule has 2 nitrogen and oxygen atoms in total. The molecule has 0 aromatic carbocycles. The van der Waals surface area contributed by atoms with Gasteiger partial charge < -0.3 is 4.90 Å². The van der Waals surface area contributed by atoms with Gasteiger partial charge in [-0.1, -0.05) is 78.1 Å². The fourth-order valence-electron chi connectivity index (χ4n) is 3.79. The standard InChI is InChI=1S/C20H36Cl3NO/c1-3-5-6-7-8-9-10-11-12-13-14-20(23)17(18(21)22)16-24(15-4-2)19(20)25/h17-18H,3-16H2,1-2H3/t17-,20+/m1/s1. The van der Waals surface area contributed by atoms with Crippen molar-refractivity contribution in [2.24, 2.45) is 5.92 Å². The van der Waals surface area contributed by atoms with E-state index in [-0.39, 0.29) is 11.8 Å². The van der Waals surface area contributed by atoms with Crippen LogP contribution in [0.25, 0.3) is 0 Å². The van der Waals surface area contributed by atoms with E-state index in [0.29, 0.717) is 13.0 Å². The highest BCUT2D eigenvalue weighted by Crippen LogP contribution is 2.43. The fourth-order valence-corrected chi connectivity index (χ4v) is 4.96. The molecule has 1 aliphatic heterocycles. The van der Waals surface area contributed by atoms with E-state index < -0.39 is 9.71 Å². The van der Waals surface area contributed by atoms with Crippen molar-refractivity contribution < 1.29 is 4.79 Å². The summed E-state index contributed by atoms with van der Waals surface area (Å²) in [7, 11) is 0. The van der Waals surface area contributed by atoms with Gasteiger partial charge in [0, 0.05) is 19.0 Å². The van der Waals surface area contributed by atoms with Crippen LogP contribution in [0.4, 0.5) is 0 Å². The normalized spacial score (nSPS) is 23.8. The number of carbonyl (C=O) groups is 1. The molecule has 0 bridgehead atoms. The van der Waals surface area contributed by atoms with Crippen LogP contribution in [-0.4, -0.2) is 33.6 Å². The first-order valence-electron chi connectivity index (χ1n) is 10.2. The average molecular weight is 413 g/mol. The summed E-state index contributed by atoms with van der Waals surface area (Å²) in [6, 6.07) is 0.